The molecule has 0 radical (unpaired) electrons. The summed E-state index contributed by atoms with van der Waals surface area (Å²) in [6.07, 6.45) is 0. The van der Waals surface area contributed by atoms with E-state index in [2.05, 4.69) is 5.10 Å². The molecule has 1 aromatic rings. The second-order valence-electron chi connectivity index (χ2n) is 2.30. The summed E-state index contributed by atoms with van der Waals surface area (Å²) in [5.41, 5.74) is 0.908. The Bertz CT molecular complexity index is 283. The van der Waals surface area contributed by atoms with Gasteiger partial charge in [-0.05, 0) is 6.07 Å². The first-order valence-electron chi connectivity index (χ1n) is 3.15. The first-order valence-corrected chi connectivity index (χ1v) is 3.15. The Balaban J connectivity index is 2.42. The first-order chi connectivity index (χ1) is 5.27. The number of hydrogen-bond donors (Lipinski definition) is 1. The van der Waals surface area contributed by atoms with Gasteiger partial charge in [-0.15, -0.1) is 0 Å². The fourth-order valence-electron chi connectivity index (χ4n) is 1.02. The Kier molecular flexibility index (Phi) is 1.19. The highest BCUT2D eigenvalue weighted by Crippen LogP contribution is 2.12. The summed E-state index contributed by atoms with van der Waals surface area (Å²) < 4.78 is 6.54. The molecular formula is C6H6N2O3. The summed E-state index contributed by atoms with van der Waals surface area (Å²) in [6, 6.07) is 1.52. The van der Waals surface area contributed by atoms with E-state index < -0.39 is 5.97 Å². The van der Waals surface area contributed by atoms with Crippen molar-refractivity contribution in [1.29, 1.82) is 0 Å². The topological polar surface area (TPSA) is 64.3 Å². The van der Waals surface area contributed by atoms with Gasteiger partial charge in [0.25, 0.3) is 0 Å². The van der Waals surface area contributed by atoms with E-state index in [0.717, 1.165) is 5.69 Å². The lowest BCUT2D eigenvalue weighted by atomic mass is 10.4. The second-order valence-corrected chi connectivity index (χ2v) is 2.30. The minimum absolute atomic E-state index is 0.0864. The van der Waals surface area contributed by atoms with Gasteiger partial charge in [0.2, 0.25) is 0 Å². The van der Waals surface area contributed by atoms with Crippen molar-refractivity contribution in [2.45, 2.75) is 13.3 Å². The average Bonchev–Trinajstić information content (AvgIpc) is 2.40. The fraction of sp³-hybridized carbons (Fsp3) is 0.333. The van der Waals surface area contributed by atoms with Crippen LogP contribution in [0.2, 0.25) is 0 Å². The predicted molar refractivity (Wildman–Crippen MR) is 34.0 cm³/mol. The number of aromatic nitrogens is 2. The van der Waals surface area contributed by atoms with Gasteiger partial charge in [-0.1, -0.05) is 0 Å². The van der Waals surface area contributed by atoms with E-state index in [-0.39, 0.29) is 5.69 Å². The Hall–Kier alpha value is -1.36. The van der Waals surface area contributed by atoms with Crippen molar-refractivity contribution in [2.75, 3.05) is 0 Å². The molecule has 0 saturated heterocycles. The van der Waals surface area contributed by atoms with E-state index in [4.69, 9.17) is 9.84 Å². The molecule has 0 aromatic carbocycles. The van der Waals surface area contributed by atoms with Crippen molar-refractivity contribution in [2.24, 2.45) is 0 Å². The van der Waals surface area contributed by atoms with Gasteiger partial charge in [0.1, 0.15) is 6.73 Å². The van der Waals surface area contributed by atoms with Crippen LogP contribution in [0.5, 0.6) is 0 Å². The second kappa shape index (κ2) is 2.06. The van der Waals surface area contributed by atoms with Crippen LogP contribution in [0.3, 0.4) is 0 Å². The molecule has 0 amide bonds. The standard InChI is InChI=1S/C6H6N2O3/c9-6(10)5-1-4-2-11-3-8(4)7-5/h1H,2-3H2,(H,9,10). The van der Waals surface area contributed by atoms with Gasteiger partial charge in [-0.25, -0.2) is 9.48 Å². The number of nitrogens with zero attached hydrogens (tertiary/aromatic N) is 2. The van der Waals surface area contributed by atoms with Gasteiger partial charge < -0.3 is 9.84 Å². The predicted octanol–water partition coefficient (Wildman–Crippen LogP) is 0.0690. The van der Waals surface area contributed by atoms with Gasteiger partial charge in [-0.3, -0.25) is 0 Å². The molecule has 2 heterocycles. The van der Waals surface area contributed by atoms with E-state index in [1.54, 1.807) is 4.68 Å². The Morgan fingerprint density at radius 3 is 3.27 bits per heavy atom. The van der Waals surface area contributed by atoms with Gasteiger partial charge in [0.05, 0.1) is 12.3 Å². The number of carbonyl (C=O) groups is 1. The number of rotatable bonds is 1. The number of carboxylic acids is 1. The third kappa shape index (κ3) is 0.894. The molecule has 11 heavy (non-hydrogen) atoms. The zero-order valence-corrected chi connectivity index (χ0v) is 5.65. The van der Waals surface area contributed by atoms with Crippen molar-refractivity contribution in [3.05, 3.63) is 17.5 Å². The van der Waals surface area contributed by atoms with Gasteiger partial charge in [0, 0.05) is 0 Å². The molecule has 2 rings (SSSR count). The summed E-state index contributed by atoms with van der Waals surface area (Å²) in [5, 5.41) is 12.3. The fourth-order valence-corrected chi connectivity index (χ4v) is 1.02. The highest BCUT2D eigenvalue weighted by atomic mass is 16.5. The van der Waals surface area contributed by atoms with Gasteiger partial charge >= 0.3 is 5.97 Å². The molecule has 0 unspecified atom stereocenters. The number of hydrogen-bond acceptors (Lipinski definition) is 3. The summed E-state index contributed by atoms with van der Waals surface area (Å²) in [4.78, 5) is 10.4. The lowest BCUT2D eigenvalue weighted by Crippen LogP contribution is -2.01. The average molecular weight is 154 g/mol. The molecule has 58 valence electrons. The van der Waals surface area contributed by atoms with E-state index in [9.17, 15) is 4.79 Å². The molecule has 5 nitrogen and oxygen atoms in total. The van der Waals surface area contributed by atoms with Gasteiger partial charge in [-0.2, -0.15) is 5.10 Å². The third-order valence-corrected chi connectivity index (χ3v) is 1.55. The monoisotopic (exact) mass is 154 g/mol. The number of carboxylic acid groups (broad SMARTS) is 1. The maximum Gasteiger partial charge on any atom is 0.356 e. The molecule has 0 aliphatic carbocycles. The molecule has 1 aromatic heterocycles. The van der Waals surface area contributed by atoms with Crippen LogP contribution >= 0.6 is 0 Å². The summed E-state index contributed by atoms with van der Waals surface area (Å²) in [7, 11) is 0. The van der Waals surface area contributed by atoms with Crippen LogP contribution in [-0.4, -0.2) is 20.9 Å². The van der Waals surface area contributed by atoms with Crippen molar-refractivity contribution in [1.82, 2.24) is 9.78 Å². The molecule has 1 aliphatic rings. The van der Waals surface area contributed by atoms with Crippen LogP contribution in [0, 0.1) is 0 Å². The van der Waals surface area contributed by atoms with E-state index in [0.29, 0.717) is 13.3 Å². The SMILES string of the molecule is O=C(O)c1cc2n(n1)COC2. The number of ether oxygens (including phenoxy) is 1. The van der Waals surface area contributed by atoms with Crippen molar-refractivity contribution < 1.29 is 14.6 Å². The molecule has 1 N–H and O–H groups in total. The van der Waals surface area contributed by atoms with Crippen LogP contribution in [0.25, 0.3) is 0 Å². The third-order valence-electron chi connectivity index (χ3n) is 1.55. The number of fused-ring (bicyclic) bond motifs is 1. The molecule has 0 fully saturated rings. The molecule has 0 bridgehead atoms. The Labute approximate surface area is 62.2 Å². The maximum atomic E-state index is 10.4. The number of aromatic carboxylic acids is 1. The highest BCUT2D eigenvalue weighted by Gasteiger charge is 2.16. The van der Waals surface area contributed by atoms with Crippen LogP contribution in [0.1, 0.15) is 16.2 Å². The van der Waals surface area contributed by atoms with E-state index >= 15 is 0 Å². The minimum Gasteiger partial charge on any atom is -0.476 e. The van der Waals surface area contributed by atoms with Crippen LogP contribution < -0.4 is 0 Å². The van der Waals surface area contributed by atoms with Crippen LogP contribution in [0.15, 0.2) is 6.07 Å². The molecule has 5 heteroatoms. The van der Waals surface area contributed by atoms with Gasteiger partial charge in [0.15, 0.2) is 5.69 Å². The zero-order chi connectivity index (χ0) is 7.84. The Morgan fingerprint density at radius 2 is 2.64 bits per heavy atom. The van der Waals surface area contributed by atoms with Crippen molar-refractivity contribution >= 4 is 5.97 Å². The first kappa shape index (κ1) is 6.36. The highest BCUT2D eigenvalue weighted by molar-refractivity contribution is 5.85. The molecule has 0 atom stereocenters. The Morgan fingerprint density at radius 1 is 1.82 bits per heavy atom. The molecule has 0 spiro atoms. The maximum absolute atomic E-state index is 10.4. The lowest BCUT2D eigenvalue weighted by Gasteiger charge is -1.89. The summed E-state index contributed by atoms with van der Waals surface area (Å²) in [5.74, 6) is -0.994. The van der Waals surface area contributed by atoms with Crippen LogP contribution in [0.4, 0.5) is 0 Å². The lowest BCUT2D eigenvalue weighted by molar-refractivity contribution is 0.0682. The summed E-state index contributed by atoms with van der Waals surface area (Å²) in [6.45, 7) is 0.822. The molecule has 0 saturated carbocycles. The normalized spacial score (nSPS) is 14.9. The molecular weight excluding hydrogens is 148 g/mol. The van der Waals surface area contributed by atoms with Crippen molar-refractivity contribution in [3.8, 4) is 0 Å². The summed E-state index contributed by atoms with van der Waals surface area (Å²) >= 11 is 0. The van der Waals surface area contributed by atoms with Crippen LogP contribution in [-0.2, 0) is 18.1 Å². The smallest absolute Gasteiger partial charge is 0.356 e. The quantitative estimate of drug-likeness (QED) is 0.621. The van der Waals surface area contributed by atoms with E-state index in [1.165, 1.54) is 6.07 Å². The zero-order valence-electron chi connectivity index (χ0n) is 5.65. The molecule has 1 aliphatic heterocycles. The largest absolute Gasteiger partial charge is 0.476 e. The minimum atomic E-state index is -0.994. The van der Waals surface area contributed by atoms with Crippen molar-refractivity contribution in [3.63, 3.8) is 0 Å². The van der Waals surface area contributed by atoms with E-state index in [1.807, 2.05) is 0 Å².